The Morgan fingerprint density at radius 3 is 2.39 bits per heavy atom. The normalized spacial score (nSPS) is 15.4. The number of rotatable bonds is 9. The van der Waals surface area contributed by atoms with Gasteiger partial charge in [-0.05, 0) is 30.7 Å². The van der Waals surface area contributed by atoms with Crippen LogP contribution in [-0.4, -0.2) is 49.0 Å². The van der Waals surface area contributed by atoms with E-state index in [0.717, 1.165) is 16.8 Å². The minimum atomic E-state index is -0.926. The molecule has 0 aromatic heterocycles. The van der Waals surface area contributed by atoms with Gasteiger partial charge in [0, 0.05) is 30.4 Å². The largest absolute Gasteiger partial charge is 0.496 e. The van der Waals surface area contributed by atoms with Gasteiger partial charge in [-0.25, -0.2) is 5.01 Å². The quantitative estimate of drug-likeness (QED) is 0.657. The Hall–Kier alpha value is -3.55. The number of methoxy groups -OCH3 is 3. The van der Waals surface area contributed by atoms with Crippen LogP contribution in [0.3, 0.4) is 0 Å². The number of hydrazone groups is 1. The number of hydrogen-bond acceptors (Lipinski definition) is 6. The summed E-state index contributed by atoms with van der Waals surface area (Å²) in [7, 11) is 4.72. The van der Waals surface area contributed by atoms with E-state index in [1.807, 2.05) is 36.4 Å². The van der Waals surface area contributed by atoms with Gasteiger partial charge in [0.25, 0.3) is 0 Å². The summed E-state index contributed by atoms with van der Waals surface area (Å²) in [6.07, 6.45) is 0.775. The molecule has 1 unspecified atom stereocenters. The number of aliphatic carboxylic acids is 1. The summed E-state index contributed by atoms with van der Waals surface area (Å²) in [5.74, 6) is 0.688. The molecule has 8 nitrogen and oxygen atoms in total. The van der Waals surface area contributed by atoms with Gasteiger partial charge in [0.05, 0.1) is 33.1 Å². The monoisotopic (exact) mass is 426 g/mol. The molecule has 1 aliphatic rings. The molecule has 0 saturated carbocycles. The summed E-state index contributed by atoms with van der Waals surface area (Å²) < 4.78 is 16.2. The summed E-state index contributed by atoms with van der Waals surface area (Å²) in [6.45, 7) is 0. The number of amides is 1. The lowest BCUT2D eigenvalue weighted by atomic mass is 9.97. The molecular weight excluding hydrogens is 400 g/mol. The Labute approximate surface area is 181 Å². The van der Waals surface area contributed by atoms with Gasteiger partial charge in [0.15, 0.2) is 11.5 Å². The van der Waals surface area contributed by atoms with Crippen molar-refractivity contribution in [2.45, 2.75) is 31.7 Å². The van der Waals surface area contributed by atoms with Crippen molar-refractivity contribution in [2.24, 2.45) is 5.10 Å². The minimum Gasteiger partial charge on any atom is -0.496 e. The van der Waals surface area contributed by atoms with Crippen molar-refractivity contribution < 1.29 is 28.9 Å². The van der Waals surface area contributed by atoms with E-state index in [4.69, 9.17) is 19.3 Å². The molecule has 0 aliphatic carbocycles. The lowest BCUT2D eigenvalue weighted by Crippen LogP contribution is -2.27. The second kappa shape index (κ2) is 9.97. The van der Waals surface area contributed by atoms with Crippen molar-refractivity contribution in [3.63, 3.8) is 0 Å². The standard InChI is InChI=1S/C23H26N2O6/c1-29-19-8-5-4-7-16(19)18-14-17(15-11-12-20(30-2)21(13-15)31-3)24-25(18)22(26)9-6-10-23(27)28/h4-5,7-8,11-13,18H,6,9-10,14H2,1-3H3,(H,27,28). The molecule has 2 aromatic carbocycles. The van der Waals surface area contributed by atoms with Gasteiger partial charge < -0.3 is 19.3 Å². The molecule has 1 atom stereocenters. The van der Waals surface area contributed by atoms with Crippen LogP contribution in [0.1, 0.15) is 42.9 Å². The molecule has 1 heterocycles. The highest BCUT2D eigenvalue weighted by Crippen LogP contribution is 2.39. The van der Waals surface area contributed by atoms with Crippen LogP contribution in [0.15, 0.2) is 47.6 Å². The van der Waals surface area contributed by atoms with Crippen LogP contribution >= 0.6 is 0 Å². The summed E-state index contributed by atoms with van der Waals surface area (Å²) in [5.41, 5.74) is 2.39. The predicted molar refractivity (Wildman–Crippen MR) is 115 cm³/mol. The van der Waals surface area contributed by atoms with Crippen LogP contribution < -0.4 is 14.2 Å². The van der Waals surface area contributed by atoms with Crippen molar-refractivity contribution >= 4 is 17.6 Å². The van der Waals surface area contributed by atoms with E-state index in [0.29, 0.717) is 23.7 Å². The van der Waals surface area contributed by atoms with Gasteiger partial charge >= 0.3 is 5.97 Å². The fourth-order valence-corrected chi connectivity index (χ4v) is 3.62. The van der Waals surface area contributed by atoms with E-state index >= 15 is 0 Å². The Morgan fingerprint density at radius 2 is 1.71 bits per heavy atom. The van der Waals surface area contributed by atoms with Crippen molar-refractivity contribution in [1.82, 2.24) is 5.01 Å². The van der Waals surface area contributed by atoms with Crippen LogP contribution in [0.4, 0.5) is 0 Å². The van der Waals surface area contributed by atoms with Crippen LogP contribution in [0, 0.1) is 0 Å². The molecule has 1 amide bonds. The summed E-state index contributed by atoms with van der Waals surface area (Å²) in [5, 5.41) is 15.0. The minimum absolute atomic E-state index is 0.0643. The van der Waals surface area contributed by atoms with Gasteiger partial charge in [0.1, 0.15) is 5.75 Å². The van der Waals surface area contributed by atoms with Gasteiger partial charge in [-0.1, -0.05) is 18.2 Å². The Bertz CT molecular complexity index is 988. The molecule has 0 spiro atoms. The third-order valence-corrected chi connectivity index (χ3v) is 5.16. The topological polar surface area (TPSA) is 97.7 Å². The number of carboxylic acid groups (broad SMARTS) is 1. The Morgan fingerprint density at radius 1 is 1.00 bits per heavy atom. The lowest BCUT2D eigenvalue weighted by molar-refractivity contribution is -0.137. The Kier molecular flexibility index (Phi) is 7.12. The second-order valence-corrected chi connectivity index (χ2v) is 7.06. The number of hydrogen-bond donors (Lipinski definition) is 1. The van der Waals surface area contributed by atoms with Crippen molar-refractivity contribution in [2.75, 3.05) is 21.3 Å². The fourth-order valence-electron chi connectivity index (χ4n) is 3.62. The van der Waals surface area contributed by atoms with Crippen molar-refractivity contribution in [3.8, 4) is 17.2 Å². The molecule has 31 heavy (non-hydrogen) atoms. The SMILES string of the molecule is COc1ccc(C2=NN(C(=O)CCCC(=O)O)C(c3ccccc3OC)C2)cc1OC. The molecule has 1 aliphatic heterocycles. The molecule has 164 valence electrons. The first kappa shape index (κ1) is 22.1. The molecule has 0 bridgehead atoms. The number of benzene rings is 2. The van der Waals surface area contributed by atoms with Gasteiger partial charge in [-0.3, -0.25) is 9.59 Å². The van der Waals surface area contributed by atoms with Crippen LogP contribution in [-0.2, 0) is 9.59 Å². The van der Waals surface area contributed by atoms with E-state index in [-0.39, 0.29) is 31.2 Å². The van der Waals surface area contributed by atoms with E-state index < -0.39 is 5.97 Å². The van der Waals surface area contributed by atoms with Crippen LogP contribution in [0.5, 0.6) is 17.2 Å². The van der Waals surface area contributed by atoms with Gasteiger partial charge in [0.2, 0.25) is 5.91 Å². The van der Waals surface area contributed by atoms with Gasteiger partial charge in [-0.2, -0.15) is 5.10 Å². The van der Waals surface area contributed by atoms with Crippen LogP contribution in [0.25, 0.3) is 0 Å². The lowest BCUT2D eigenvalue weighted by Gasteiger charge is -2.23. The zero-order valence-electron chi connectivity index (χ0n) is 17.8. The maximum absolute atomic E-state index is 13.0. The van der Waals surface area contributed by atoms with Crippen molar-refractivity contribution in [1.29, 1.82) is 0 Å². The number of para-hydroxylation sites is 1. The average Bonchev–Trinajstić information content (AvgIpc) is 3.23. The third-order valence-electron chi connectivity index (χ3n) is 5.16. The molecule has 3 rings (SSSR count). The molecular formula is C23H26N2O6. The molecule has 2 aromatic rings. The van der Waals surface area contributed by atoms with Crippen molar-refractivity contribution in [3.05, 3.63) is 53.6 Å². The first-order chi connectivity index (χ1) is 15.0. The number of nitrogens with zero attached hydrogens (tertiary/aromatic N) is 2. The molecule has 8 heteroatoms. The highest BCUT2D eigenvalue weighted by molar-refractivity contribution is 6.03. The van der Waals surface area contributed by atoms with E-state index in [9.17, 15) is 9.59 Å². The fraction of sp³-hybridized carbons (Fsp3) is 0.348. The Balaban J connectivity index is 1.94. The predicted octanol–water partition coefficient (Wildman–Crippen LogP) is 3.65. The van der Waals surface area contributed by atoms with Crippen LogP contribution in [0.2, 0.25) is 0 Å². The highest BCUT2D eigenvalue weighted by Gasteiger charge is 2.34. The average molecular weight is 426 g/mol. The number of carbonyl (C=O) groups is 2. The smallest absolute Gasteiger partial charge is 0.303 e. The third kappa shape index (κ3) is 4.96. The van der Waals surface area contributed by atoms with E-state index in [2.05, 4.69) is 5.10 Å². The summed E-state index contributed by atoms with van der Waals surface area (Å²) >= 11 is 0. The molecule has 0 saturated heterocycles. The second-order valence-electron chi connectivity index (χ2n) is 7.06. The first-order valence-corrected chi connectivity index (χ1v) is 9.95. The first-order valence-electron chi connectivity index (χ1n) is 9.95. The number of ether oxygens (including phenoxy) is 3. The van der Waals surface area contributed by atoms with Gasteiger partial charge in [-0.15, -0.1) is 0 Å². The van der Waals surface area contributed by atoms with E-state index in [1.54, 1.807) is 27.4 Å². The molecule has 1 N–H and O–H groups in total. The zero-order valence-corrected chi connectivity index (χ0v) is 17.8. The molecule has 0 fully saturated rings. The maximum atomic E-state index is 13.0. The zero-order chi connectivity index (χ0) is 22.4. The summed E-state index contributed by atoms with van der Waals surface area (Å²) in [6, 6.07) is 12.7. The molecule has 0 radical (unpaired) electrons. The summed E-state index contributed by atoms with van der Waals surface area (Å²) in [4.78, 5) is 23.8. The number of carbonyl (C=O) groups excluding carboxylic acids is 1. The van der Waals surface area contributed by atoms with E-state index in [1.165, 1.54) is 5.01 Å². The maximum Gasteiger partial charge on any atom is 0.303 e. The number of carboxylic acids is 1. The highest BCUT2D eigenvalue weighted by atomic mass is 16.5.